The minimum atomic E-state index is -1.14. The Morgan fingerprint density at radius 2 is 1.48 bits per heavy atom. The second-order valence-electron chi connectivity index (χ2n) is 7.36. The van der Waals surface area contributed by atoms with Gasteiger partial charge >= 0.3 is 12.1 Å². The minimum absolute atomic E-state index is 0.0602. The van der Waals surface area contributed by atoms with E-state index in [1.165, 1.54) is 0 Å². The Kier molecular flexibility index (Phi) is 9.29. The standard InChI is InChI=1S/C24H28N2O5/c1-17(2)13-14-20(23(28)29)25-22(27)21(15-18-9-5-3-6-10-18)26-24(30)31-16-19-11-7-4-8-12-19/h3-13,20-21H,14-16H2,1-2H3,(H,25,27)(H,26,30)(H,28,29)/t20-,21-/m1/s1. The van der Waals surface area contributed by atoms with E-state index in [0.717, 1.165) is 16.7 Å². The molecule has 0 saturated heterocycles. The van der Waals surface area contributed by atoms with Crippen LogP contribution in [0.1, 0.15) is 31.4 Å². The molecule has 0 aliphatic rings. The normalized spacial score (nSPS) is 12.2. The fraction of sp³-hybridized carbons (Fsp3) is 0.292. The summed E-state index contributed by atoms with van der Waals surface area (Å²) in [4.78, 5) is 36.7. The van der Waals surface area contributed by atoms with Crippen molar-refractivity contribution >= 4 is 18.0 Å². The maximum Gasteiger partial charge on any atom is 0.408 e. The van der Waals surface area contributed by atoms with Crippen LogP contribution in [0.25, 0.3) is 0 Å². The van der Waals surface area contributed by atoms with Crippen LogP contribution in [0, 0.1) is 0 Å². The SMILES string of the molecule is CC(C)=CC[C@@H](NC(=O)[C@@H](Cc1ccccc1)NC(=O)OCc1ccccc1)C(=O)O. The van der Waals surface area contributed by atoms with Gasteiger partial charge in [0.15, 0.2) is 0 Å². The van der Waals surface area contributed by atoms with Gasteiger partial charge in [0.1, 0.15) is 18.7 Å². The van der Waals surface area contributed by atoms with Crippen LogP contribution in [-0.2, 0) is 27.4 Å². The van der Waals surface area contributed by atoms with Gasteiger partial charge in [-0.1, -0.05) is 72.3 Å². The second-order valence-corrected chi connectivity index (χ2v) is 7.36. The lowest BCUT2D eigenvalue weighted by atomic mass is 10.0. The van der Waals surface area contributed by atoms with E-state index in [0.29, 0.717) is 0 Å². The Bertz CT molecular complexity index is 893. The van der Waals surface area contributed by atoms with Gasteiger partial charge < -0.3 is 20.5 Å². The lowest BCUT2D eigenvalue weighted by Gasteiger charge is -2.21. The molecule has 0 radical (unpaired) electrons. The monoisotopic (exact) mass is 424 g/mol. The minimum Gasteiger partial charge on any atom is -0.480 e. The number of carbonyl (C=O) groups is 3. The number of aliphatic carboxylic acids is 1. The largest absolute Gasteiger partial charge is 0.480 e. The molecule has 2 atom stereocenters. The topological polar surface area (TPSA) is 105 Å². The van der Waals surface area contributed by atoms with Crippen LogP contribution in [0.2, 0.25) is 0 Å². The molecule has 0 spiro atoms. The molecule has 0 bridgehead atoms. The number of ether oxygens (including phenoxy) is 1. The molecular weight excluding hydrogens is 396 g/mol. The predicted molar refractivity (Wildman–Crippen MR) is 117 cm³/mol. The summed E-state index contributed by atoms with van der Waals surface area (Å²) in [5.41, 5.74) is 2.58. The summed E-state index contributed by atoms with van der Waals surface area (Å²) in [5, 5.41) is 14.5. The molecule has 31 heavy (non-hydrogen) atoms. The molecule has 2 rings (SSSR count). The summed E-state index contributed by atoms with van der Waals surface area (Å²) in [6, 6.07) is 16.2. The maximum atomic E-state index is 12.9. The van der Waals surface area contributed by atoms with Gasteiger partial charge in [-0.3, -0.25) is 4.79 Å². The average Bonchev–Trinajstić information content (AvgIpc) is 2.75. The molecule has 7 heteroatoms. The highest BCUT2D eigenvalue weighted by molar-refractivity contribution is 5.89. The van der Waals surface area contributed by atoms with E-state index in [4.69, 9.17) is 4.74 Å². The molecule has 0 aromatic heterocycles. The number of carboxylic acids is 1. The Morgan fingerprint density at radius 3 is 2.03 bits per heavy atom. The molecule has 0 saturated carbocycles. The number of benzene rings is 2. The Balaban J connectivity index is 2.07. The summed E-state index contributed by atoms with van der Waals surface area (Å²) >= 11 is 0. The number of rotatable bonds is 10. The summed E-state index contributed by atoms with van der Waals surface area (Å²) in [7, 11) is 0. The van der Waals surface area contributed by atoms with Crippen LogP contribution < -0.4 is 10.6 Å². The lowest BCUT2D eigenvalue weighted by molar-refractivity contribution is -0.142. The van der Waals surface area contributed by atoms with Crippen molar-refractivity contribution in [2.45, 2.75) is 45.4 Å². The number of hydrogen-bond donors (Lipinski definition) is 3. The third kappa shape index (κ3) is 8.74. The molecule has 0 aliphatic heterocycles. The van der Waals surface area contributed by atoms with E-state index in [9.17, 15) is 19.5 Å². The van der Waals surface area contributed by atoms with Crippen molar-refractivity contribution in [3.05, 3.63) is 83.4 Å². The van der Waals surface area contributed by atoms with E-state index < -0.39 is 30.1 Å². The zero-order valence-corrected chi connectivity index (χ0v) is 17.7. The zero-order valence-electron chi connectivity index (χ0n) is 17.7. The summed E-state index contributed by atoms with van der Waals surface area (Å²) in [6.07, 6.45) is 1.34. The van der Waals surface area contributed by atoms with Gasteiger partial charge in [0, 0.05) is 6.42 Å². The van der Waals surface area contributed by atoms with Crippen molar-refractivity contribution in [3.63, 3.8) is 0 Å². The van der Waals surface area contributed by atoms with Crippen molar-refractivity contribution < 1.29 is 24.2 Å². The van der Waals surface area contributed by atoms with Crippen LogP contribution in [0.5, 0.6) is 0 Å². The van der Waals surface area contributed by atoms with Crippen LogP contribution in [-0.4, -0.2) is 35.2 Å². The van der Waals surface area contributed by atoms with Crippen LogP contribution >= 0.6 is 0 Å². The van der Waals surface area contributed by atoms with Crippen molar-refractivity contribution in [1.29, 1.82) is 0 Å². The highest BCUT2D eigenvalue weighted by Gasteiger charge is 2.26. The van der Waals surface area contributed by atoms with Gasteiger partial charge in [-0.05, 0) is 31.4 Å². The maximum absolute atomic E-state index is 12.9. The molecular formula is C24H28N2O5. The van der Waals surface area contributed by atoms with Gasteiger partial charge in [-0.15, -0.1) is 0 Å². The smallest absolute Gasteiger partial charge is 0.408 e. The lowest BCUT2D eigenvalue weighted by Crippen LogP contribution is -2.52. The van der Waals surface area contributed by atoms with E-state index in [1.807, 2.05) is 74.5 Å². The fourth-order valence-corrected chi connectivity index (χ4v) is 2.81. The quantitative estimate of drug-likeness (QED) is 0.507. The first kappa shape index (κ1) is 23.7. The van der Waals surface area contributed by atoms with E-state index in [2.05, 4.69) is 10.6 Å². The highest BCUT2D eigenvalue weighted by atomic mass is 16.5. The zero-order chi connectivity index (χ0) is 22.6. The number of hydrogen-bond acceptors (Lipinski definition) is 4. The van der Waals surface area contributed by atoms with E-state index in [1.54, 1.807) is 6.08 Å². The number of amides is 2. The Hall–Kier alpha value is -3.61. The molecule has 3 N–H and O–H groups in total. The summed E-state index contributed by atoms with van der Waals surface area (Å²) < 4.78 is 5.22. The van der Waals surface area contributed by atoms with Crippen LogP contribution in [0.15, 0.2) is 72.3 Å². The molecule has 2 amide bonds. The first-order chi connectivity index (χ1) is 14.8. The molecule has 7 nitrogen and oxygen atoms in total. The van der Waals surface area contributed by atoms with Crippen LogP contribution in [0.3, 0.4) is 0 Å². The van der Waals surface area contributed by atoms with Crippen molar-refractivity contribution in [1.82, 2.24) is 10.6 Å². The van der Waals surface area contributed by atoms with Crippen molar-refractivity contribution in [2.75, 3.05) is 0 Å². The molecule has 2 aromatic carbocycles. The van der Waals surface area contributed by atoms with Gasteiger partial charge in [0.2, 0.25) is 5.91 Å². The third-order valence-corrected chi connectivity index (χ3v) is 4.48. The van der Waals surface area contributed by atoms with Crippen molar-refractivity contribution in [2.24, 2.45) is 0 Å². The summed E-state index contributed by atoms with van der Waals surface area (Å²) in [5.74, 6) is -1.73. The predicted octanol–water partition coefficient (Wildman–Crippen LogP) is 3.45. The Morgan fingerprint density at radius 1 is 0.903 bits per heavy atom. The first-order valence-corrected chi connectivity index (χ1v) is 10.0. The molecule has 2 aromatic rings. The highest BCUT2D eigenvalue weighted by Crippen LogP contribution is 2.07. The van der Waals surface area contributed by atoms with Gasteiger partial charge in [0.05, 0.1) is 0 Å². The van der Waals surface area contributed by atoms with E-state index >= 15 is 0 Å². The number of carboxylic acid groups (broad SMARTS) is 1. The number of carbonyl (C=O) groups excluding carboxylic acids is 2. The first-order valence-electron chi connectivity index (χ1n) is 10.0. The molecule has 164 valence electrons. The second kappa shape index (κ2) is 12.2. The Labute approximate surface area is 182 Å². The molecule has 0 aliphatic carbocycles. The number of allylic oxidation sites excluding steroid dienone is 1. The fourth-order valence-electron chi connectivity index (χ4n) is 2.81. The van der Waals surface area contributed by atoms with Gasteiger partial charge in [-0.2, -0.15) is 0 Å². The van der Waals surface area contributed by atoms with Gasteiger partial charge in [-0.25, -0.2) is 9.59 Å². The van der Waals surface area contributed by atoms with Gasteiger partial charge in [0.25, 0.3) is 0 Å². The molecule has 0 unspecified atom stereocenters. The average molecular weight is 424 g/mol. The van der Waals surface area contributed by atoms with Crippen LogP contribution in [0.4, 0.5) is 4.79 Å². The van der Waals surface area contributed by atoms with E-state index in [-0.39, 0.29) is 19.4 Å². The third-order valence-electron chi connectivity index (χ3n) is 4.48. The molecule has 0 fully saturated rings. The summed E-state index contributed by atoms with van der Waals surface area (Å²) in [6.45, 7) is 3.76. The molecule has 0 heterocycles. The van der Waals surface area contributed by atoms with Crippen molar-refractivity contribution in [3.8, 4) is 0 Å². The number of alkyl carbamates (subject to hydrolysis) is 1. The number of nitrogens with one attached hydrogen (secondary N) is 2.